The van der Waals surface area contributed by atoms with Gasteiger partial charge < -0.3 is 9.64 Å². The van der Waals surface area contributed by atoms with E-state index >= 15 is 0 Å². The second-order valence-electron chi connectivity index (χ2n) is 6.53. The first-order chi connectivity index (χ1) is 13.9. The molecule has 29 heavy (non-hydrogen) atoms. The van der Waals surface area contributed by atoms with E-state index in [1.54, 1.807) is 35.4 Å². The lowest BCUT2D eigenvalue weighted by atomic mass is 10.0. The highest BCUT2D eigenvalue weighted by atomic mass is 19.4. The molecule has 148 valence electrons. The van der Waals surface area contributed by atoms with Crippen LogP contribution in [-0.2, 0) is 12.7 Å². The Balaban J connectivity index is 1.67. The fraction of sp³-hybridized carbons (Fsp3) is 0.190. The lowest BCUT2D eigenvalue weighted by Gasteiger charge is -2.19. The van der Waals surface area contributed by atoms with Crippen LogP contribution in [0.4, 0.5) is 13.2 Å². The van der Waals surface area contributed by atoms with Crippen molar-refractivity contribution in [2.45, 2.75) is 12.7 Å². The minimum absolute atomic E-state index is 0.255. The molecule has 3 heterocycles. The summed E-state index contributed by atoms with van der Waals surface area (Å²) in [4.78, 5) is 22.3. The average molecular weight is 399 g/mol. The number of aromatic nitrogens is 2. The van der Waals surface area contributed by atoms with Crippen molar-refractivity contribution in [3.8, 4) is 16.9 Å². The van der Waals surface area contributed by atoms with E-state index in [4.69, 9.17) is 4.74 Å². The molecule has 1 aliphatic rings. The summed E-state index contributed by atoms with van der Waals surface area (Å²) in [5.74, 6) is 0.155. The Morgan fingerprint density at radius 3 is 2.59 bits per heavy atom. The van der Waals surface area contributed by atoms with Gasteiger partial charge in [-0.3, -0.25) is 14.8 Å². The third-order valence-electron chi connectivity index (χ3n) is 4.58. The monoisotopic (exact) mass is 399 g/mol. The zero-order valence-corrected chi connectivity index (χ0v) is 15.2. The Labute approximate surface area is 164 Å². The van der Waals surface area contributed by atoms with Gasteiger partial charge in [0.05, 0.1) is 24.3 Å². The van der Waals surface area contributed by atoms with Gasteiger partial charge in [0.2, 0.25) is 0 Å². The third kappa shape index (κ3) is 4.06. The minimum atomic E-state index is -4.54. The van der Waals surface area contributed by atoms with Crippen LogP contribution in [0.3, 0.4) is 0 Å². The van der Waals surface area contributed by atoms with Crippen LogP contribution in [0.25, 0.3) is 11.1 Å². The molecule has 0 aliphatic carbocycles. The van der Waals surface area contributed by atoms with Gasteiger partial charge in [-0.2, -0.15) is 13.2 Å². The normalized spacial score (nSPS) is 14.2. The van der Waals surface area contributed by atoms with Crippen LogP contribution in [0.15, 0.2) is 60.9 Å². The van der Waals surface area contributed by atoms with Crippen molar-refractivity contribution in [1.82, 2.24) is 14.9 Å². The van der Waals surface area contributed by atoms with Gasteiger partial charge >= 0.3 is 6.18 Å². The molecule has 0 saturated carbocycles. The van der Waals surface area contributed by atoms with Crippen LogP contribution in [-0.4, -0.2) is 33.9 Å². The lowest BCUT2D eigenvalue weighted by Crippen LogP contribution is -2.32. The van der Waals surface area contributed by atoms with Crippen LogP contribution in [0.2, 0.25) is 0 Å². The van der Waals surface area contributed by atoms with Gasteiger partial charge in [-0.05, 0) is 47.5 Å². The molecule has 0 unspecified atom stereocenters. The molecule has 0 bridgehead atoms. The highest BCUT2D eigenvalue weighted by Gasteiger charge is 2.32. The van der Waals surface area contributed by atoms with E-state index < -0.39 is 11.9 Å². The molecule has 1 amide bonds. The summed E-state index contributed by atoms with van der Waals surface area (Å²) in [5.41, 5.74) is 0.867. The maximum Gasteiger partial charge on any atom is 0.433 e. The van der Waals surface area contributed by atoms with Gasteiger partial charge in [0.15, 0.2) is 0 Å². The summed E-state index contributed by atoms with van der Waals surface area (Å²) in [7, 11) is 0. The number of alkyl halides is 3. The highest BCUT2D eigenvalue weighted by molar-refractivity contribution is 5.98. The first-order valence-corrected chi connectivity index (χ1v) is 8.91. The summed E-state index contributed by atoms with van der Waals surface area (Å²) in [5, 5.41) is 0. The SMILES string of the molecule is O=C1c2cc(-c3ccnc(C(F)(F)F)c3)ccc2OCCN1Cc1ccccn1. The van der Waals surface area contributed by atoms with Crippen LogP contribution in [0, 0.1) is 0 Å². The second kappa shape index (κ2) is 7.54. The van der Waals surface area contributed by atoms with Gasteiger partial charge in [0.1, 0.15) is 18.1 Å². The molecular weight excluding hydrogens is 383 g/mol. The number of nitrogens with zero attached hydrogens (tertiary/aromatic N) is 3. The maximum atomic E-state index is 13.1. The van der Waals surface area contributed by atoms with Gasteiger partial charge in [0, 0.05) is 12.4 Å². The summed E-state index contributed by atoms with van der Waals surface area (Å²) in [6, 6.07) is 12.7. The summed E-state index contributed by atoms with van der Waals surface area (Å²) in [6.07, 6.45) is -1.78. The van der Waals surface area contributed by atoms with Crippen molar-refractivity contribution in [2.24, 2.45) is 0 Å². The van der Waals surface area contributed by atoms with Crippen LogP contribution in [0.1, 0.15) is 21.7 Å². The predicted octanol–water partition coefficient (Wildman–Crippen LogP) is 4.20. The third-order valence-corrected chi connectivity index (χ3v) is 4.58. The maximum absolute atomic E-state index is 13.1. The van der Waals surface area contributed by atoms with Crippen molar-refractivity contribution in [3.05, 3.63) is 77.9 Å². The summed E-state index contributed by atoms with van der Waals surface area (Å²) >= 11 is 0. The molecule has 0 atom stereocenters. The molecule has 0 saturated heterocycles. The van der Waals surface area contributed by atoms with E-state index in [9.17, 15) is 18.0 Å². The molecule has 1 aromatic carbocycles. The Morgan fingerprint density at radius 1 is 1.00 bits per heavy atom. The predicted molar refractivity (Wildman–Crippen MR) is 99.1 cm³/mol. The zero-order valence-electron chi connectivity index (χ0n) is 15.2. The number of benzene rings is 1. The molecule has 2 aromatic heterocycles. The number of amides is 1. The molecular formula is C21H16F3N3O2. The zero-order chi connectivity index (χ0) is 20.4. The van der Waals surface area contributed by atoms with Crippen LogP contribution < -0.4 is 4.74 Å². The fourth-order valence-electron chi connectivity index (χ4n) is 3.14. The average Bonchev–Trinajstić information content (AvgIpc) is 2.87. The minimum Gasteiger partial charge on any atom is -0.491 e. The van der Waals surface area contributed by atoms with Crippen LogP contribution in [0.5, 0.6) is 5.75 Å². The van der Waals surface area contributed by atoms with Gasteiger partial charge in [-0.15, -0.1) is 0 Å². The second-order valence-corrected chi connectivity index (χ2v) is 6.53. The molecule has 5 nitrogen and oxygen atoms in total. The number of halogens is 3. The number of carbonyl (C=O) groups excluding carboxylic acids is 1. The van der Waals surface area contributed by atoms with E-state index in [1.807, 2.05) is 12.1 Å². The van der Waals surface area contributed by atoms with Gasteiger partial charge in [-0.25, -0.2) is 0 Å². The van der Waals surface area contributed by atoms with E-state index in [2.05, 4.69) is 9.97 Å². The Morgan fingerprint density at radius 2 is 1.83 bits per heavy atom. The van der Waals surface area contributed by atoms with E-state index in [-0.39, 0.29) is 5.91 Å². The Bertz CT molecular complexity index is 1040. The molecule has 0 radical (unpaired) electrons. The number of carbonyl (C=O) groups is 1. The molecule has 0 fully saturated rings. The van der Waals surface area contributed by atoms with Crippen molar-refractivity contribution in [1.29, 1.82) is 0 Å². The smallest absolute Gasteiger partial charge is 0.433 e. The number of hydrogen-bond acceptors (Lipinski definition) is 4. The van der Waals surface area contributed by atoms with Crippen molar-refractivity contribution in [3.63, 3.8) is 0 Å². The Hall–Kier alpha value is -3.42. The quantitative estimate of drug-likeness (QED) is 0.663. The summed E-state index contributed by atoms with van der Waals surface area (Å²) < 4.78 is 44.6. The number of pyridine rings is 2. The lowest BCUT2D eigenvalue weighted by molar-refractivity contribution is -0.141. The topological polar surface area (TPSA) is 55.3 Å². The van der Waals surface area contributed by atoms with Gasteiger partial charge in [-0.1, -0.05) is 12.1 Å². The standard InChI is InChI=1S/C21H16F3N3O2/c22-21(23,24)19-12-15(6-8-26-19)14-4-5-18-17(11-14)20(28)27(9-10-29-18)13-16-3-1-2-7-25-16/h1-8,11-12H,9-10,13H2. The first-order valence-electron chi connectivity index (χ1n) is 8.91. The Kier molecular flexibility index (Phi) is 4.92. The van der Waals surface area contributed by atoms with Crippen molar-refractivity contribution < 1.29 is 22.7 Å². The number of fused-ring (bicyclic) bond motifs is 1. The largest absolute Gasteiger partial charge is 0.491 e. The first kappa shape index (κ1) is 18.9. The van der Waals surface area contributed by atoms with Crippen molar-refractivity contribution in [2.75, 3.05) is 13.2 Å². The van der Waals surface area contributed by atoms with E-state index in [0.29, 0.717) is 42.1 Å². The number of rotatable bonds is 3. The fourth-order valence-corrected chi connectivity index (χ4v) is 3.14. The molecule has 1 aliphatic heterocycles. The molecule has 3 aromatic rings. The molecule has 4 rings (SSSR count). The number of ether oxygens (including phenoxy) is 1. The highest BCUT2D eigenvalue weighted by Crippen LogP contribution is 2.33. The van der Waals surface area contributed by atoms with E-state index in [1.165, 1.54) is 6.07 Å². The number of hydrogen-bond donors (Lipinski definition) is 0. The van der Waals surface area contributed by atoms with Crippen LogP contribution >= 0.6 is 0 Å². The van der Waals surface area contributed by atoms with Crippen molar-refractivity contribution >= 4 is 5.91 Å². The van der Waals surface area contributed by atoms with E-state index in [0.717, 1.165) is 18.0 Å². The molecule has 0 spiro atoms. The molecule has 0 N–H and O–H groups in total. The van der Waals surface area contributed by atoms with Gasteiger partial charge in [0.25, 0.3) is 5.91 Å². The molecule has 8 heteroatoms. The summed E-state index contributed by atoms with van der Waals surface area (Å²) in [6.45, 7) is 1.02.